The van der Waals surface area contributed by atoms with Crippen LogP contribution in [0.15, 0.2) is 53.9 Å². The molecule has 2 heterocycles. The largest absolute Gasteiger partial charge is 0.368 e. The van der Waals surface area contributed by atoms with Gasteiger partial charge in [-0.25, -0.2) is 0 Å². The maximum atomic E-state index is 12.6. The fourth-order valence-electron chi connectivity index (χ4n) is 3.30. The summed E-state index contributed by atoms with van der Waals surface area (Å²) in [7, 11) is 0. The number of hydrogen-bond donors (Lipinski definition) is 2. The molecule has 0 fully saturated rings. The number of thiophene rings is 1. The first-order chi connectivity index (χ1) is 13.1. The van der Waals surface area contributed by atoms with E-state index in [9.17, 15) is 9.59 Å². The molecular weight excluding hydrogens is 358 g/mol. The molecule has 2 atom stereocenters. The van der Waals surface area contributed by atoms with Crippen LogP contribution in [0.1, 0.15) is 23.8 Å². The molecule has 0 radical (unpaired) electrons. The van der Waals surface area contributed by atoms with Crippen molar-refractivity contribution in [2.24, 2.45) is 5.73 Å². The summed E-state index contributed by atoms with van der Waals surface area (Å²) < 4.78 is 0. The Morgan fingerprint density at radius 3 is 2.81 bits per heavy atom. The first kappa shape index (κ1) is 19.3. The highest BCUT2D eigenvalue weighted by Gasteiger charge is 2.23. The Bertz CT molecular complexity index is 817. The molecule has 5 nitrogen and oxygen atoms in total. The van der Waals surface area contributed by atoms with Gasteiger partial charge in [0, 0.05) is 35.6 Å². The van der Waals surface area contributed by atoms with Crippen molar-refractivity contribution < 1.29 is 9.59 Å². The number of benzene rings is 1. The fourth-order valence-corrected chi connectivity index (χ4v) is 4.05. The van der Waals surface area contributed by atoms with Gasteiger partial charge in [-0.3, -0.25) is 14.9 Å². The zero-order valence-electron chi connectivity index (χ0n) is 15.4. The van der Waals surface area contributed by atoms with E-state index in [4.69, 9.17) is 5.73 Å². The molecule has 2 amide bonds. The molecular formula is C21H25N3O2S. The first-order valence-electron chi connectivity index (χ1n) is 9.23. The first-order valence-corrected chi connectivity index (χ1v) is 10.1. The monoisotopic (exact) mass is 383 g/mol. The molecule has 3 N–H and O–H groups in total. The Morgan fingerprint density at radius 1 is 1.30 bits per heavy atom. The van der Waals surface area contributed by atoms with E-state index in [0.29, 0.717) is 13.0 Å². The summed E-state index contributed by atoms with van der Waals surface area (Å²) in [6.45, 7) is 2.72. The number of carbonyl (C=O) groups is 2. The molecule has 1 aromatic carbocycles. The number of nitrogens with two attached hydrogens (primary N) is 1. The van der Waals surface area contributed by atoms with E-state index >= 15 is 0 Å². The molecule has 27 heavy (non-hydrogen) atoms. The maximum absolute atomic E-state index is 12.6. The van der Waals surface area contributed by atoms with Gasteiger partial charge in [-0.2, -0.15) is 0 Å². The van der Waals surface area contributed by atoms with Gasteiger partial charge in [0.2, 0.25) is 5.91 Å². The molecule has 0 unspecified atom stereocenters. The van der Waals surface area contributed by atoms with Crippen LogP contribution in [0.3, 0.4) is 0 Å². The number of nitrogens with one attached hydrogen (secondary N) is 1. The van der Waals surface area contributed by atoms with Crippen molar-refractivity contribution >= 4 is 28.8 Å². The Balaban J connectivity index is 1.63. The number of primary amides is 1. The van der Waals surface area contributed by atoms with Crippen molar-refractivity contribution in [2.45, 2.75) is 38.3 Å². The summed E-state index contributed by atoms with van der Waals surface area (Å²) in [5.74, 6) is -0.413. The number of anilines is 1. The van der Waals surface area contributed by atoms with Gasteiger partial charge < -0.3 is 10.6 Å². The lowest BCUT2D eigenvalue weighted by Crippen LogP contribution is -2.47. The average molecular weight is 384 g/mol. The third kappa shape index (κ3) is 4.84. The molecule has 1 aliphatic rings. The van der Waals surface area contributed by atoms with Crippen molar-refractivity contribution in [3.63, 3.8) is 0 Å². The summed E-state index contributed by atoms with van der Waals surface area (Å²) >= 11 is 1.61. The number of carbonyl (C=O) groups excluding carboxylic acids is 2. The van der Waals surface area contributed by atoms with Gasteiger partial charge in [0.05, 0.1) is 6.04 Å². The number of hydrogen-bond acceptors (Lipinski definition) is 4. The quantitative estimate of drug-likeness (QED) is 0.688. The van der Waals surface area contributed by atoms with Crippen LogP contribution in [0.4, 0.5) is 5.69 Å². The minimum atomic E-state index is -0.458. The second kappa shape index (κ2) is 8.97. The van der Waals surface area contributed by atoms with Crippen molar-refractivity contribution in [1.29, 1.82) is 0 Å². The van der Waals surface area contributed by atoms with Crippen LogP contribution in [0, 0.1) is 0 Å². The number of rotatable bonds is 8. The lowest BCUT2D eigenvalue weighted by atomic mass is 10.1. The predicted molar refractivity (Wildman–Crippen MR) is 110 cm³/mol. The molecule has 0 bridgehead atoms. The van der Waals surface area contributed by atoms with E-state index in [1.165, 1.54) is 5.56 Å². The molecule has 6 heteroatoms. The average Bonchev–Trinajstić information content (AvgIpc) is 3.33. The van der Waals surface area contributed by atoms with Crippen molar-refractivity contribution in [3.05, 3.63) is 64.4 Å². The highest BCUT2D eigenvalue weighted by Crippen LogP contribution is 2.27. The molecule has 1 aromatic heterocycles. The van der Waals surface area contributed by atoms with Crippen LogP contribution in [-0.4, -0.2) is 30.4 Å². The second-order valence-corrected chi connectivity index (χ2v) is 7.68. The van der Waals surface area contributed by atoms with Crippen molar-refractivity contribution in [1.82, 2.24) is 5.32 Å². The molecule has 2 aromatic rings. The molecule has 142 valence electrons. The zero-order valence-corrected chi connectivity index (χ0v) is 16.2. The van der Waals surface area contributed by atoms with Crippen LogP contribution >= 0.6 is 11.3 Å². The molecule has 0 saturated heterocycles. The van der Waals surface area contributed by atoms with Gasteiger partial charge in [-0.15, -0.1) is 11.3 Å². The third-order valence-electron chi connectivity index (χ3n) is 4.81. The summed E-state index contributed by atoms with van der Waals surface area (Å²) in [6, 6.07) is 11.4. The summed E-state index contributed by atoms with van der Waals surface area (Å²) in [5.41, 5.74) is 7.76. The summed E-state index contributed by atoms with van der Waals surface area (Å²) in [5, 5.41) is 5.26. The standard InChI is InChI=1S/C21H25N3O2S/c1-2-16(23-18(21(22)26)14-17-7-5-13-27-17)9-10-20(25)24-12-11-15-6-3-4-8-19(15)24/h3-10,13,16,18,23H,2,11-12,14H2,1H3,(H2,22,26)/b10-9+/t16-,18-/m0/s1. The highest BCUT2D eigenvalue weighted by atomic mass is 32.1. The maximum Gasteiger partial charge on any atom is 0.250 e. The van der Waals surface area contributed by atoms with Gasteiger partial charge >= 0.3 is 0 Å². The third-order valence-corrected chi connectivity index (χ3v) is 5.71. The van der Waals surface area contributed by atoms with E-state index in [2.05, 4.69) is 11.4 Å². The van der Waals surface area contributed by atoms with E-state index in [1.54, 1.807) is 22.3 Å². The smallest absolute Gasteiger partial charge is 0.250 e. The second-order valence-electron chi connectivity index (χ2n) is 6.65. The fraction of sp³-hybridized carbons (Fsp3) is 0.333. The van der Waals surface area contributed by atoms with Crippen molar-refractivity contribution in [2.75, 3.05) is 11.4 Å². The van der Waals surface area contributed by atoms with Crippen molar-refractivity contribution in [3.8, 4) is 0 Å². The number of para-hydroxylation sites is 1. The lowest BCUT2D eigenvalue weighted by Gasteiger charge is -2.21. The summed E-state index contributed by atoms with van der Waals surface area (Å²) in [4.78, 5) is 27.4. The van der Waals surface area contributed by atoms with Gasteiger partial charge in [-0.05, 0) is 35.9 Å². The molecule has 0 spiro atoms. The van der Waals surface area contributed by atoms with Crippen LogP contribution in [0.2, 0.25) is 0 Å². The molecule has 3 rings (SSSR count). The number of amides is 2. The van der Waals surface area contributed by atoms with Gasteiger partial charge in [0.15, 0.2) is 0 Å². The van der Waals surface area contributed by atoms with E-state index < -0.39 is 6.04 Å². The lowest BCUT2D eigenvalue weighted by molar-refractivity contribution is -0.120. The zero-order chi connectivity index (χ0) is 19.2. The van der Waals surface area contributed by atoms with Gasteiger partial charge in [-0.1, -0.05) is 37.3 Å². The van der Waals surface area contributed by atoms with E-state index in [-0.39, 0.29) is 17.9 Å². The Kier molecular flexibility index (Phi) is 6.42. The normalized spacial score (nSPS) is 15.7. The minimum absolute atomic E-state index is 0.0333. The van der Waals surface area contributed by atoms with Gasteiger partial charge in [0.25, 0.3) is 5.91 Å². The molecule has 0 saturated carbocycles. The molecule has 1 aliphatic heterocycles. The Morgan fingerprint density at radius 2 is 2.11 bits per heavy atom. The highest BCUT2D eigenvalue weighted by molar-refractivity contribution is 7.09. The van der Waals surface area contributed by atoms with Crippen LogP contribution < -0.4 is 16.0 Å². The van der Waals surface area contributed by atoms with Gasteiger partial charge in [0.1, 0.15) is 0 Å². The predicted octanol–water partition coefficient (Wildman–Crippen LogP) is 2.66. The van der Waals surface area contributed by atoms with E-state index in [1.807, 2.05) is 48.7 Å². The Hall–Kier alpha value is -2.44. The molecule has 0 aliphatic carbocycles. The van der Waals surface area contributed by atoms with Crippen LogP contribution in [0.5, 0.6) is 0 Å². The SMILES string of the molecule is CC[C@@H](/C=C/C(=O)N1CCc2ccccc21)N[C@@H](Cc1cccs1)C(N)=O. The van der Waals surface area contributed by atoms with Crippen LogP contribution in [-0.2, 0) is 22.4 Å². The minimum Gasteiger partial charge on any atom is -0.368 e. The number of nitrogens with zero attached hydrogens (tertiary/aromatic N) is 1. The Labute approximate surface area is 163 Å². The number of fused-ring (bicyclic) bond motifs is 1. The summed E-state index contributed by atoms with van der Waals surface area (Å²) in [6.07, 6.45) is 5.65. The van der Waals surface area contributed by atoms with Crippen LogP contribution in [0.25, 0.3) is 0 Å². The van der Waals surface area contributed by atoms with E-state index in [0.717, 1.165) is 23.4 Å². The topological polar surface area (TPSA) is 75.4 Å².